The van der Waals surface area contributed by atoms with Gasteiger partial charge in [0.2, 0.25) is 0 Å². The number of aromatic nitrogens is 1. The van der Waals surface area contributed by atoms with Gasteiger partial charge in [-0.25, -0.2) is 9.78 Å². The molecule has 2 saturated heterocycles. The van der Waals surface area contributed by atoms with E-state index in [2.05, 4.69) is 44.8 Å². The van der Waals surface area contributed by atoms with Gasteiger partial charge in [0.05, 0.1) is 18.3 Å². The van der Waals surface area contributed by atoms with Crippen LogP contribution in [-0.4, -0.2) is 52.5 Å². The first-order valence-corrected chi connectivity index (χ1v) is 12.4. The van der Waals surface area contributed by atoms with Gasteiger partial charge in [0.15, 0.2) is 6.23 Å². The van der Waals surface area contributed by atoms with Crippen LogP contribution < -0.4 is 10.6 Å². The van der Waals surface area contributed by atoms with Gasteiger partial charge < -0.3 is 15.0 Å². The van der Waals surface area contributed by atoms with Crippen molar-refractivity contribution in [1.82, 2.24) is 14.8 Å². The van der Waals surface area contributed by atoms with Gasteiger partial charge in [-0.05, 0) is 61.2 Å². The third-order valence-corrected chi connectivity index (χ3v) is 7.31. The fourth-order valence-electron chi connectivity index (χ4n) is 5.55. The fraction of sp³-hybridized carbons (Fsp3) is 0.321. The molecule has 3 amide bonds. The summed E-state index contributed by atoms with van der Waals surface area (Å²) < 4.78 is 5.86. The monoisotopic (exact) mass is 483 g/mol. The number of rotatable bonds is 5. The third kappa shape index (κ3) is 4.23. The lowest BCUT2D eigenvalue weighted by Gasteiger charge is -2.19. The summed E-state index contributed by atoms with van der Waals surface area (Å²) in [4.78, 5) is 34.3. The minimum atomic E-state index is -0.457. The molecule has 3 aromatic rings. The highest BCUT2D eigenvalue weighted by Crippen LogP contribution is 2.43. The average molecular weight is 484 g/mol. The van der Waals surface area contributed by atoms with Crippen molar-refractivity contribution in [1.29, 1.82) is 0 Å². The molecule has 0 bridgehead atoms. The molecule has 0 radical (unpaired) electrons. The molecule has 6 rings (SSSR count). The van der Waals surface area contributed by atoms with Gasteiger partial charge in [0, 0.05) is 30.4 Å². The molecule has 3 unspecified atom stereocenters. The number of amides is 3. The number of pyridine rings is 1. The number of benzene rings is 2. The zero-order valence-corrected chi connectivity index (χ0v) is 20.2. The smallest absolute Gasteiger partial charge is 0.324 e. The lowest BCUT2D eigenvalue weighted by molar-refractivity contribution is 0.0361. The lowest BCUT2D eigenvalue weighted by atomic mass is 9.99. The van der Waals surface area contributed by atoms with E-state index in [1.807, 2.05) is 25.1 Å². The Balaban J connectivity index is 1.12. The van der Waals surface area contributed by atoms with Crippen molar-refractivity contribution >= 4 is 23.4 Å². The van der Waals surface area contributed by atoms with Gasteiger partial charge >= 0.3 is 6.03 Å². The highest BCUT2D eigenvalue weighted by atomic mass is 16.5. The second kappa shape index (κ2) is 9.37. The molecule has 3 atom stereocenters. The number of carbonyl (C=O) groups excluding carboxylic acids is 2. The predicted octanol–water partition coefficient (Wildman–Crippen LogP) is 4.59. The topological polar surface area (TPSA) is 86.8 Å². The van der Waals surface area contributed by atoms with Crippen molar-refractivity contribution in [2.45, 2.75) is 38.1 Å². The average Bonchev–Trinajstić information content (AvgIpc) is 3.57. The maximum atomic E-state index is 12.9. The number of fused-ring (bicyclic) bond motifs is 3. The first-order valence-electron chi connectivity index (χ1n) is 12.4. The molecule has 8 nitrogen and oxygen atoms in total. The summed E-state index contributed by atoms with van der Waals surface area (Å²) in [7, 11) is 0. The molecule has 0 aliphatic carbocycles. The van der Waals surface area contributed by atoms with Gasteiger partial charge in [0.1, 0.15) is 5.82 Å². The number of nitrogens with zero attached hydrogens (tertiary/aromatic N) is 3. The summed E-state index contributed by atoms with van der Waals surface area (Å²) in [6, 6.07) is 19.5. The van der Waals surface area contributed by atoms with Crippen molar-refractivity contribution in [3.63, 3.8) is 0 Å². The van der Waals surface area contributed by atoms with E-state index in [1.165, 1.54) is 11.1 Å². The van der Waals surface area contributed by atoms with E-state index < -0.39 is 12.3 Å². The zero-order chi connectivity index (χ0) is 24.6. The van der Waals surface area contributed by atoms with Crippen LogP contribution in [-0.2, 0) is 11.3 Å². The van der Waals surface area contributed by atoms with Crippen LogP contribution in [0.4, 0.5) is 16.3 Å². The minimum Gasteiger partial charge on any atom is -0.352 e. The Morgan fingerprint density at radius 3 is 2.83 bits per heavy atom. The van der Waals surface area contributed by atoms with Crippen LogP contribution in [0.25, 0.3) is 0 Å². The molecule has 184 valence electrons. The molecular weight excluding hydrogens is 454 g/mol. The molecule has 36 heavy (non-hydrogen) atoms. The van der Waals surface area contributed by atoms with Crippen molar-refractivity contribution in [2.24, 2.45) is 0 Å². The molecule has 2 N–H and O–H groups in total. The van der Waals surface area contributed by atoms with Crippen LogP contribution >= 0.6 is 0 Å². The van der Waals surface area contributed by atoms with Crippen LogP contribution in [0.3, 0.4) is 0 Å². The second-order valence-electron chi connectivity index (χ2n) is 9.77. The number of ether oxygens (including phenoxy) is 1. The summed E-state index contributed by atoms with van der Waals surface area (Å²) in [5.74, 6) is 0.843. The van der Waals surface area contributed by atoms with E-state index in [1.54, 1.807) is 29.3 Å². The van der Waals surface area contributed by atoms with Crippen LogP contribution in [0.15, 0.2) is 66.9 Å². The number of hydrogen-bond acceptors (Lipinski definition) is 5. The first-order chi connectivity index (χ1) is 17.6. The number of anilines is 2. The summed E-state index contributed by atoms with van der Waals surface area (Å²) in [6.45, 7) is 5.41. The number of carbonyl (C=O) groups is 2. The predicted molar refractivity (Wildman–Crippen MR) is 137 cm³/mol. The summed E-state index contributed by atoms with van der Waals surface area (Å²) >= 11 is 0. The van der Waals surface area contributed by atoms with E-state index >= 15 is 0 Å². The standard InChI is InChI=1S/C28H29N5O3/c1-18-17-36-27-25-22(26(34)33(18)27)8-5-9-23(25)30-28(35)31-24-14-20(10-12-29-24)21-11-13-32(16-21)15-19-6-3-2-4-7-19/h2-10,12,14,18,21,27H,11,13,15-17H2,1H3,(H2,29,30,31,35). The molecule has 0 saturated carbocycles. The highest BCUT2D eigenvalue weighted by Gasteiger charge is 2.46. The fourth-order valence-corrected chi connectivity index (χ4v) is 5.55. The zero-order valence-electron chi connectivity index (χ0n) is 20.2. The number of urea groups is 1. The quantitative estimate of drug-likeness (QED) is 0.554. The Labute approximate surface area is 210 Å². The van der Waals surface area contributed by atoms with Gasteiger partial charge in [0.25, 0.3) is 5.91 Å². The van der Waals surface area contributed by atoms with Crippen LogP contribution in [0, 0.1) is 0 Å². The molecule has 2 fully saturated rings. The van der Waals surface area contributed by atoms with E-state index in [4.69, 9.17) is 4.74 Å². The molecule has 8 heteroatoms. The van der Waals surface area contributed by atoms with E-state index in [0.29, 0.717) is 35.2 Å². The van der Waals surface area contributed by atoms with Crippen LogP contribution in [0.5, 0.6) is 0 Å². The number of nitrogens with one attached hydrogen (secondary N) is 2. The molecule has 3 aliphatic heterocycles. The molecule has 4 heterocycles. The van der Waals surface area contributed by atoms with Crippen molar-refractivity contribution in [3.05, 3.63) is 89.1 Å². The van der Waals surface area contributed by atoms with Gasteiger partial charge in [-0.15, -0.1) is 0 Å². The Morgan fingerprint density at radius 1 is 1.11 bits per heavy atom. The largest absolute Gasteiger partial charge is 0.352 e. The lowest BCUT2D eigenvalue weighted by Crippen LogP contribution is -2.31. The molecule has 2 aromatic carbocycles. The Bertz CT molecular complexity index is 1300. The Hall–Kier alpha value is -3.75. The second-order valence-corrected chi connectivity index (χ2v) is 9.77. The molecular formula is C28H29N5O3. The van der Waals surface area contributed by atoms with E-state index in [0.717, 1.165) is 26.1 Å². The maximum Gasteiger partial charge on any atom is 0.324 e. The van der Waals surface area contributed by atoms with Gasteiger partial charge in [-0.3, -0.25) is 15.0 Å². The minimum absolute atomic E-state index is 0.00252. The number of hydrogen-bond donors (Lipinski definition) is 2. The SMILES string of the molecule is CC1COC2c3c(NC(=O)Nc4cc(C5CCN(Cc6ccccc6)C5)ccn4)cccc3C(=O)N12. The maximum absolute atomic E-state index is 12.9. The van der Waals surface area contributed by atoms with Crippen LogP contribution in [0.1, 0.15) is 52.5 Å². The normalized spacial score (nSPS) is 23.0. The van der Waals surface area contributed by atoms with Gasteiger partial charge in [-0.1, -0.05) is 36.4 Å². The van der Waals surface area contributed by atoms with E-state index in [9.17, 15) is 9.59 Å². The van der Waals surface area contributed by atoms with E-state index in [-0.39, 0.29) is 11.9 Å². The summed E-state index contributed by atoms with van der Waals surface area (Å²) in [6.07, 6.45) is 2.36. The third-order valence-electron chi connectivity index (χ3n) is 7.31. The van der Waals surface area contributed by atoms with Crippen molar-refractivity contribution in [2.75, 3.05) is 30.3 Å². The summed E-state index contributed by atoms with van der Waals surface area (Å²) in [5.41, 5.74) is 4.36. The van der Waals surface area contributed by atoms with Crippen molar-refractivity contribution in [3.8, 4) is 0 Å². The van der Waals surface area contributed by atoms with Gasteiger partial charge in [-0.2, -0.15) is 0 Å². The highest BCUT2D eigenvalue weighted by molar-refractivity contribution is 6.05. The molecule has 0 spiro atoms. The molecule has 1 aromatic heterocycles. The van der Waals surface area contributed by atoms with Crippen molar-refractivity contribution < 1.29 is 14.3 Å². The number of likely N-dealkylation sites (tertiary alicyclic amines) is 1. The first kappa shape index (κ1) is 22.7. The Kier molecular flexibility index (Phi) is 5.91. The molecule has 3 aliphatic rings. The summed E-state index contributed by atoms with van der Waals surface area (Å²) in [5, 5.41) is 5.77. The Morgan fingerprint density at radius 2 is 1.97 bits per heavy atom. The van der Waals surface area contributed by atoms with Crippen LogP contribution in [0.2, 0.25) is 0 Å².